The Bertz CT molecular complexity index is 545. The van der Waals surface area contributed by atoms with Gasteiger partial charge in [-0.2, -0.15) is 0 Å². The number of carbonyl (C=O) groups excluding carboxylic acids is 1. The minimum atomic E-state index is -0.518. The van der Waals surface area contributed by atoms with Crippen LogP contribution in [0.1, 0.15) is 57.7 Å². The molecule has 2 unspecified atom stereocenters. The van der Waals surface area contributed by atoms with Gasteiger partial charge < -0.3 is 20.5 Å². The lowest BCUT2D eigenvalue weighted by Crippen LogP contribution is -2.43. The third-order valence-corrected chi connectivity index (χ3v) is 4.91. The minimum Gasteiger partial charge on any atom is -0.391 e. The van der Waals surface area contributed by atoms with Crippen LogP contribution in [0.4, 0.5) is 4.79 Å². The van der Waals surface area contributed by atoms with Crippen molar-refractivity contribution in [1.82, 2.24) is 10.6 Å². The van der Waals surface area contributed by atoms with Crippen LogP contribution < -0.4 is 10.6 Å². The van der Waals surface area contributed by atoms with Gasteiger partial charge in [0.15, 0.2) is 0 Å². The molecule has 2 rings (SSSR count). The molecule has 140 valence electrons. The Morgan fingerprint density at radius 1 is 1.24 bits per heavy atom. The lowest BCUT2D eigenvalue weighted by Gasteiger charge is -2.27. The Hall–Kier alpha value is -1.59. The van der Waals surface area contributed by atoms with Gasteiger partial charge in [0, 0.05) is 19.8 Å². The van der Waals surface area contributed by atoms with Crippen LogP contribution >= 0.6 is 0 Å². The maximum atomic E-state index is 12.1. The van der Waals surface area contributed by atoms with Gasteiger partial charge >= 0.3 is 6.03 Å². The van der Waals surface area contributed by atoms with E-state index in [1.54, 1.807) is 0 Å². The van der Waals surface area contributed by atoms with Crippen molar-refractivity contribution in [2.45, 2.75) is 58.1 Å². The first-order valence-corrected chi connectivity index (χ1v) is 9.18. The van der Waals surface area contributed by atoms with Gasteiger partial charge in [-0.15, -0.1) is 0 Å². The highest BCUT2D eigenvalue weighted by Crippen LogP contribution is 2.24. The summed E-state index contributed by atoms with van der Waals surface area (Å²) in [6.45, 7) is 10.2. The minimum absolute atomic E-state index is 0.0887. The summed E-state index contributed by atoms with van der Waals surface area (Å²) in [6, 6.07) is 8.00. The van der Waals surface area contributed by atoms with E-state index in [-0.39, 0.29) is 30.0 Å². The monoisotopic (exact) mass is 348 g/mol. The molecule has 1 aliphatic heterocycles. The Morgan fingerprint density at radius 2 is 1.84 bits per heavy atom. The lowest BCUT2D eigenvalue weighted by atomic mass is 9.86. The van der Waals surface area contributed by atoms with E-state index >= 15 is 0 Å². The highest BCUT2D eigenvalue weighted by atomic mass is 16.5. The number of rotatable bonds is 5. The van der Waals surface area contributed by atoms with E-state index < -0.39 is 6.10 Å². The molecule has 1 saturated heterocycles. The van der Waals surface area contributed by atoms with Crippen molar-refractivity contribution in [2.24, 2.45) is 5.92 Å². The van der Waals surface area contributed by atoms with Crippen LogP contribution in [-0.2, 0) is 10.2 Å². The Labute approximate surface area is 151 Å². The van der Waals surface area contributed by atoms with Crippen LogP contribution in [0.5, 0.6) is 0 Å². The molecular weight excluding hydrogens is 316 g/mol. The van der Waals surface area contributed by atoms with Crippen LogP contribution in [0, 0.1) is 5.92 Å². The van der Waals surface area contributed by atoms with Crippen LogP contribution in [-0.4, -0.2) is 37.0 Å². The van der Waals surface area contributed by atoms with Gasteiger partial charge in [-0.25, -0.2) is 4.79 Å². The molecule has 0 aliphatic carbocycles. The summed E-state index contributed by atoms with van der Waals surface area (Å²) in [4.78, 5) is 12.1. The highest BCUT2D eigenvalue weighted by Gasteiger charge is 2.22. The van der Waals surface area contributed by atoms with Crippen LogP contribution in [0.3, 0.4) is 0 Å². The normalized spacial score (nSPS) is 18.4. The van der Waals surface area contributed by atoms with E-state index in [9.17, 15) is 9.90 Å². The first kappa shape index (κ1) is 19.7. The maximum Gasteiger partial charge on any atom is 0.315 e. The molecule has 5 heteroatoms. The quantitative estimate of drug-likeness (QED) is 0.765. The van der Waals surface area contributed by atoms with Gasteiger partial charge in [-0.05, 0) is 42.2 Å². The molecule has 1 aliphatic rings. The average Bonchev–Trinajstić information content (AvgIpc) is 2.59. The summed E-state index contributed by atoms with van der Waals surface area (Å²) in [5.41, 5.74) is 2.45. The van der Waals surface area contributed by atoms with Crippen molar-refractivity contribution in [3.63, 3.8) is 0 Å². The second-order valence-electron chi connectivity index (χ2n) is 7.97. The molecule has 1 fully saturated rings. The van der Waals surface area contributed by atoms with Gasteiger partial charge in [0.05, 0.1) is 12.1 Å². The smallest absolute Gasteiger partial charge is 0.315 e. The van der Waals surface area contributed by atoms with Gasteiger partial charge in [-0.3, -0.25) is 0 Å². The predicted octanol–water partition coefficient (Wildman–Crippen LogP) is 3.13. The fourth-order valence-corrected chi connectivity index (χ4v) is 3.07. The molecule has 2 atom stereocenters. The van der Waals surface area contributed by atoms with Crippen molar-refractivity contribution >= 4 is 6.03 Å². The molecule has 3 N–H and O–H groups in total. The van der Waals surface area contributed by atoms with E-state index in [1.807, 2.05) is 6.92 Å². The molecule has 0 bridgehead atoms. The Morgan fingerprint density at radius 3 is 2.40 bits per heavy atom. The number of benzene rings is 1. The number of carbonyl (C=O) groups is 1. The number of urea groups is 1. The SMILES string of the molecule is CC(NC(=O)NCC(O)C1CCOCC1)c1ccc(C(C)(C)C)cc1. The maximum absolute atomic E-state index is 12.1. The van der Waals surface area contributed by atoms with Crippen molar-refractivity contribution in [3.8, 4) is 0 Å². The third-order valence-electron chi connectivity index (χ3n) is 4.91. The van der Waals surface area contributed by atoms with Crippen molar-refractivity contribution in [2.75, 3.05) is 19.8 Å². The van der Waals surface area contributed by atoms with Gasteiger partial charge in [-0.1, -0.05) is 45.0 Å². The molecule has 1 aromatic rings. The summed E-state index contributed by atoms with van der Waals surface area (Å²) in [7, 11) is 0. The van der Waals surface area contributed by atoms with E-state index in [4.69, 9.17) is 4.74 Å². The number of aliphatic hydroxyl groups excluding tert-OH is 1. The van der Waals surface area contributed by atoms with Crippen LogP contribution in [0.25, 0.3) is 0 Å². The summed E-state index contributed by atoms with van der Waals surface area (Å²) < 4.78 is 5.30. The molecule has 0 aromatic heterocycles. The topological polar surface area (TPSA) is 70.6 Å². The van der Waals surface area contributed by atoms with Gasteiger partial charge in [0.2, 0.25) is 0 Å². The first-order valence-electron chi connectivity index (χ1n) is 9.18. The second kappa shape index (κ2) is 8.68. The molecule has 0 saturated carbocycles. The number of aliphatic hydroxyl groups is 1. The average molecular weight is 348 g/mol. The zero-order valence-corrected chi connectivity index (χ0v) is 15.8. The van der Waals surface area contributed by atoms with E-state index in [0.29, 0.717) is 13.2 Å². The fourth-order valence-electron chi connectivity index (χ4n) is 3.07. The van der Waals surface area contributed by atoms with E-state index in [1.165, 1.54) is 5.56 Å². The van der Waals surface area contributed by atoms with E-state index in [2.05, 4.69) is 55.7 Å². The van der Waals surface area contributed by atoms with Crippen LogP contribution in [0.15, 0.2) is 24.3 Å². The third kappa shape index (κ3) is 6.01. The zero-order valence-electron chi connectivity index (χ0n) is 15.8. The lowest BCUT2D eigenvalue weighted by molar-refractivity contribution is 0.00949. The molecule has 1 aromatic carbocycles. The second-order valence-corrected chi connectivity index (χ2v) is 7.97. The highest BCUT2D eigenvalue weighted by molar-refractivity contribution is 5.74. The summed E-state index contributed by atoms with van der Waals surface area (Å²) >= 11 is 0. The summed E-state index contributed by atoms with van der Waals surface area (Å²) in [5.74, 6) is 0.205. The number of ether oxygens (including phenoxy) is 1. The first-order chi connectivity index (χ1) is 11.8. The number of hydrogen-bond acceptors (Lipinski definition) is 3. The number of amides is 2. The van der Waals surface area contributed by atoms with Crippen molar-refractivity contribution < 1.29 is 14.6 Å². The van der Waals surface area contributed by atoms with Crippen LogP contribution in [0.2, 0.25) is 0 Å². The predicted molar refractivity (Wildman–Crippen MR) is 99.6 cm³/mol. The Balaban J connectivity index is 1.79. The zero-order chi connectivity index (χ0) is 18.4. The molecule has 0 spiro atoms. The Kier molecular flexibility index (Phi) is 6.85. The molecule has 2 amide bonds. The van der Waals surface area contributed by atoms with E-state index in [0.717, 1.165) is 18.4 Å². The van der Waals surface area contributed by atoms with Gasteiger partial charge in [0.1, 0.15) is 0 Å². The molecular formula is C20H32N2O3. The number of nitrogens with one attached hydrogen (secondary N) is 2. The standard InChI is InChI=1S/C20H32N2O3/c1-14(15-5-7-17(8-6-15)20(2,3)4)22-19(24)21-13-18(23)16-9-11-25-12-10-16/h5-8,14,16,18,23H,9-13H2,1-4H3,(H2,21,22,24). The van der Waals surface area contributed by atoms with Crippen molar-refractivity contribution in [3.05, 3.63) is 35.4 Å². The fraction of sp³-hybridized carbons (Fsp3) is 0.650. The summed E-state index contributed by atoms with van der Waals surface area (Å²) in [6.07, 6.45) is 1.18. The molecule has 5 nitrogen and oxygen atoms in total. The van der Waals surface area contributed by atoms with Crippen molar-refractivity contribution in [1.29, 1.82) is 0 Å². The van der Waals surface area contributed by atoms with Gasteiger partial charge in [0.25, 0.3) is 0 Å². The summed E-state index contributed by atoms with van der Waals surface area (Å²) in [5, 5.41) is 15.9. The molecule has 1 heterocycles. The largest absolute Gasteiger partial charge is 0.391 e. The molecule has 25 heavy (non-hydrogen) atoms. The molecule has 0 radical (unpaired) electrons. The number of hydrogen-bond donors (Lipinski definition) is 3.